The van der Waals surface area contributed by atoms with E-state index >= 15 is 0 Å². The first kappa shape index (κ1) is 19.4. The Morgan fingerprint density at radius 3 is 2.85 bits per heavy atom. The van der Waals surface area contributed by atoms with Crippen molar-refractivity contribution in [3.8, 4) is 5.75 Å². The van der Waals surface area contributed by atoms with Gasteiger partial charge in [-0.3, -0.25) is 9.59 Å². The van der Waals surface area contributed by atoms with Gasteiger partial charge in [-0.1, -0.05) is 47.7 Å². The number of benzene rings is 2. The molecule has 3 rings (SSSR count). The Morgan fingerprint density at radius 2 is 2.15 bits per heavy atom. The molecule has 8 heteroatoms. The lowest BCUT2D eigenvalue weighted by molar-refractivity contribution is -0.118. The fraction of sp³-hybridized carbons (Fsp3) is 0.105. The number of thioether (sulfide) groups is 1. The second kappa shape index (κ2) is 8.56. The van der Waals surface area contributed by atoms with Crippen molar-refractivity contribution in [1.29, 1.82) is 0 Å². The van der Waals surface area contributed by atoms with Gasteiger partial charge in [-0.05, 0) is 48.9 Å². The van der Waals surface area contributed by atoms with Gasteiger partial charge in [0.05, 0.1) is 4.91 Å². The molecule has 138 valence electrons. The third-order valence-electron chi connectivity index (χ3n) is 3.56. The number of anilines is 1. The summed E-state index contributed by atoms with van der Waals surface area (Å²) in [4.78, 5) is 24.4. The van der Waals surface area contributed by atoms with Crippen LogP contribution in [0.15, 0.2) is 47.4 Å². The summed E-state index contributed by atoms with van der Waals surface area (Å²) in [5, 5.41) is 5.82. The zero-order valence-electron chi connectivity index (χ0n) is 14.2. The van der Waals surface area contributed by atoms with Crippen LogP contribution < -0.4 is 15.4 Å². The predicted molar refractivity (Wildman–Crippen MR) is 113 cm³/mol. The molecule has 1 aliphatic rings. The second-order valence-electron chi connectivity index (χ2n) is 5.74. The van der Waals surface area contributed by atoms with Crippen LogP contribution in [0.5, 0.6) is 5.75 Å². The Balaban J connectivity index is 1.71. The number of aryl methyl sites for hydroxylation is 1. The average molecular weight is 419 g/mol. The summed E-state index contributed by atoms with van der Waals surface area (Å²) in [6.07, 6.45) is 1.64. The maximum absolute atomic E-state index is 12.2. The van der Waals surface area contributed by atoms with Crippen LogP contribution in [-0.4, -0.2) is 22.7 Å². The van der Waals surface area contributed by atoms with Crippen molar-refractivity contribution in [3.63, 3.8) is 0 Å². The molecule has 5 nitrogen and oxygen atoms in total. The van der Waals surface area contributed by atoms with Gasteiger partial charge >= 0.3 is 0 Å². The van der Waals surface area contributed by atoms with Crippen LogP contribution in [0.4, 0.5) is 5.69 Å². The van der Waals surface area contributed by atoms with Crippen molar-refractivity contribution in [2.24, 2.45) is 0 Å². The second-order valence-corrected chi connectivity index (χ2v) is 7.90. The van der Waals surface area contributed by atoms with E-state index in [0.29, 0.717) is 31.2 Å². The van der Waals surface area contributed by atoms with Crippen LogP contribution >= 0.6 is 35.6 Å². The smallest absolute Gasteiger partial charge is 0.263 e. The van der Waals surface area contributed by atoms with Crippen LogP contribution in [-0.2, 0) is 9.59 Å². The number of hydrogen-bond donors (Lipinski definition) is 2. The molecule has 0 radical (unpaired) electrons. The van der Waals surface area contributed by atoms with Crippen LogP contribution in [0.1, 0.15) is 11.1 Å². The normalized spacial score (nSPS) is 15.0. The van der Waals surface area contributed by atoms with E-state index in [1.165, 1.54) is 0 Å². The van der Waals surface area contributed by atoms with Gasteiger partial charge in [-0.15, -0.1) is 0 Å². The molecule has 27 heavy (non-hydrogen) atoms. The van der Waals surface area contributed by atoms with E-state index < -0.39 is 0 Å². The molecule has 1 saturated heterocycles. The molecule has 1 fully saturated rings. The Morgan fingerprint density at radius 1 is 1.33 bits per heavy atom. The molecule has 2 aromatic rings. The molecule has 2 aromatic carbocycles. The van der Waals surface area contributed by atoms with Crippen LogP contribution in [0.25, 0.3) is 6.08 Å². The maximum Gasteiger partial charge on any atom is 0.263 e. The monoisotopic (exact) mass is 418 g/mol. The van der Waals surface area contributed by atoms with Gasteiger partial charge in [-0.25, -0.2) is 0 Å². The standard InChI is InChI=1S/C19H15ClN2O3S2/c1-11-3-2-4-14(7-11)21-17(23)10-25-15-6-5-13(20)8-12(15)9-16-18(24)22-19(26)27-16/h2-9H,10H2,1H3,(H,21,23)(H,22,24,26)/b16-9-. The third-order valence-corrected chi connectivity index (χ3v) is 4.96. The summed E-state index contributed by atoms with van der Waals surface area (Å²) in [7, 11) is 0. The number of thiocarbonyl (C=S) groups is 1. The Bertz CT molecular complexity index is 960. The quantitative estimate of drug-likeness (QED) is 0.563. The number of carbonyl (C=O) groups is 2. The first-order valence-corrected chi connectivity index (χ1v) is 9.55. The average Bonchev–Trinajstić information content (AvgIpc) is 2.91. The predicted octanol–water partition coefficient (Wildman–Crippen LogP) is 4.15. The van der Waals surface area contributed by atoms with E-state index in [4.69, 9.17) is 28.6 Å². The van der Waals surface area contributed by atoms with Crippen LogP contribution in [0, 0.1) is 6.92 Å². The summed E-state index contributed by atoms with van der Waals surface area (Å²) in [6.45, 7) is 1.77. The van der Waals surface area contributed by atoms with E-state index in [-0.39, 0.29) is 18.4 Å². The van der Waals surface area contributed by atoms with Gasteiger partial charge < -0.3 is 15.4 Å². The fourth-order valence-electron chi connectivity index (χ4n) is 2.39. The van der Waals surface area contributed by atoms with Gasteiger partial charge in [-0.2, -0.15) is 0 Å². The number of hydrogen-bond acceptors (Lipinski definition) is 5. The minimum absolute atomic E-state index is 0.177. The molecule has 2 amide bonds. The van der Waals surface area contributed by atoms with Gasteiger partial charge in [0.1, 0.15) is 10.1 Å². The zero-order chi connectivity index (χ0) is 19.4. The van der Waals surface area contributed by atoms with Crippen molar-refractivity contribution >= 4 is 63.5 Å². The Kier molecular flexibility index (Phi) is 6.15. The summed E-state index contributed by atoms with van der Waals surface area (Å²) in [6, 6.07) is 12.5. The summed E-state index contributed by atoms with van der Waals surface area (Å²) in [5.74, 6) is -0.117. The molecular formula is C19H15ClN2O3S2. The summed E-state index contributed by atoms with van der Waals surface area (Å²) in [5.41, 5.74) is 2.34. The number of nitrogens with one attached hydrogen (secondary N) is 2. The number of ether oxygens (including phenoxy) is 1. The molecule has 0 bridgehead atoms. The third kappa shape index (κ3) is 5.32. The van der Waals surface area contributed by atoms with E-state index in [1.807, 2.05) is 31.2 Å². The molecule has 0 saturated carbocycles. The lowest BCUT2D eigenvalue weighted by Crippen LogP contribution is -2.20. The summed E-state index contributed by atoms with van der Waals surface area (Å²) >= 11 is 12.2. The van der Waals surface area contributed by atoms with E-state index in [0.717, 1.165) is 17.3 Å². The molecule has 0 aromatic heterocycles. The molecule has 0 spiro atoms. The van der Waals surface area contributed by atoms with Crippen LogP contribution in [0.2, 0.25) is 5.02 Å². The SMILES string of the molecule is Cc1cccc(NC(=O)COc2ccc(Cl)cc2/C=C2\SC(=S)NC2=O)c1. The highest BCUT2D eigenvalue weighted by Gasteiger charge is 2.22. The zero-order valence-corrected chi connectivity index (χ0v) is 16.6. The molecular weight excluding hydrogens is 404 g/mol. The van der Waals surface area contributed by atoms with Gasteiger partial charge in [0.25, 0.3) is 11.8 Å². The first-order valence-electron chi connectivity index (χ1n) is 7.94. The topological polar surface area (TPSA) is 67.4 Å². The van der Waals surface area contributed by atoms with Crippen molar-refractivity contribution in [2.45, 2.75) is 6.92 Å². The highest BCUT2D eigenvalue weighted by atomic mass is 35.5. The van der Waals surface area contributed by atoms with Crippen molar-refractivity contribution in [3.05, 3.63) is 63.5 Å². The number of rotatable bonds is 5. The molecule has 0 atom stereocenters. The van der Waals surface area contributed by atoms with E-state index in [2.05, 4.69) is 10.6 Å². The van der Waals surface area contributed by atoms with Crippen molar-refractivity contribution in [2.75, 3.05) is 11.9 Å². The molecule has 0 unspecified atom stereocenters. The fourth-order valence-corrected chi connectivity index (χ4v) is 3.60. The lowest BCUT2D eigenvalue weighted by atomic mass is 10.2. The summed E-state index contributed by atoms with van der Waals surface area (Å²) < 4.78 is 6.04. The molecule has 0 aliphatic carbocycles. The Hall–Kier alpha value is -2.35. The Labute approximate surface area is 171 Å². The maximum atomic E-state index is 12.2. The van der Waals surface area contributed by atoms with Gasteiger partial charge in [0.2, 0.25) is 0 Å². The largest absolute Gasteiger partial charge is 0.483 e. The van der Waals surface area contributed by atoms with E-state index in [9.17, 15) is 9.59 Å². The highest BCUT2D eigenvalue weighted by molar-refractivity contribution is 8.26. The lowest BCUT2D eigenvalue weighted by Gasteiger charge is -2.11. The molecule has 1 aliphatic heterocycles. The van der Waals surface area contributed by atoms with Crippen molar-refractivity contribution in [1.82, 2.24) is 5.32 Å². The molecule has 2 N–H and O–H groups in total. The minimum Gasteiger partial charge on any atom is -0.483 e. The minimum atomic E-state index is -0.289. The van der Waals surface area contributed by atoms with Crippen LogP contribution in [0.3, 0.4) is 0 Å². The molecule has 1 heterocycles. The number of amides is 2. The van der Waals surface area contributed by atoms with Gasteiger partial charge in [0.15, 0.2) is 6.61 Å². The number of halogens is 1. The number of carbonyl (C=O) groups excluding carboxylic acids is 2. The van der Waals surface area contributed by atoms with E-state index in [1.54, 1.807) is 24.3 Å². The van der Waals surface area contributed by atoms with Crippen molar-refractivity contribution < 1.29 is 14.3 Å². The highest BCUT2D eigenvalue weighted by Crippen LogP contribution is 2.31. The van der Waals surface area contributed by atoms with Gasteiger partial charge in [0, 0.05) is 16.3 Å². The first-order chi connectivity index (χ1) is 12.9.